The first-order chi connectivity index (χ1) is 33.9. The molecule has 2 aromatic rings. The number of carbonyl (C=O) groups excluding carboxylic acids is 8. The first-order valence-corrected chi connectivity index (χ1v) is 26.4. The van der Waals surface area contributed by atoms with Gasteiger partial charge in [-0.05, 0) is 123 Å². The van der Waals surface area contributed by atoms with Crippen LogP contribution in [0, 0.1) is 17.4 Å². The van der Waals surface area contributed by atoms with Gasteiger partial charge in [0.25, 0.3) is 0 Å². The van der Waals surface area contributed by atoms with E-state index in [-0.39, 0.29) is 80.4 Å². The van der Waals surface area contributed by atoms with Crippen LogP contribution in [-0.4, -0.2) is 126 Å². The topological polar surface area (TPSA) is 315 Å². The summed E-state index contributed by atoms with van der Waals surface area (Å²) < 4.78 is 5.93. The van der Waals surface area contributed by atoms with Gasteiger partial charge >= 0.3 is 12.0 Å². The fourth-order valence-electron chi connectivity index (χ4n) is 8.42. The highest BCUT2D eigenvalue weighted by atomic mass is 125. The Kier molecular flexibility index (Phi) is 24.7. The number of rotatable bonds is 31. The summed E-state index contributed by atoms with van der Waals surface area (Å²) in [6.45, 7) is 5.19. The van der Waals surface area contributed by atoms with Crippen LogP contribution in [0.2, 0.25) is 0 Å². The number of nitrogens with one attached hydrogen (secondary N) is 7. The zero-order chi connectivity index (χ0) is 51.9. The molecule has 390 valence electrons. The van der Waals surface area contributed by atoms with Gasteiger partial charge in [0.2, 0.25) is 29.5 Å². The van der Waals surface area contributed by atoms with Gasteiger partial charge in [-0.15, -0.1) is 0 Å². The molecule has 22 heteroatoms. The molecule has 0 aromatic heterocycles. The molecule has 1 unspecified atom stereocenters. The molecule has 71 heavy (non-hydrogen) atoms. The van der Waals surface area contributed by atoms with Crippen molar-refractivity contribution < 1.29 is 48.2 Å². The van der Waals surface area contributed by atoms with Crippen molar-refractivity contribution in [2.75, 3.05) is 32.0 Å². The van der Waals surface area contributed by atoms with E-state index in [1.165, 1.54) is 13.0 Å². The van der Waals surface area contributed by atoms with E-state index in [0.717, 1.165) is 25.0 Å². The van der Waals surface area contributed by atoms with Crippen LogP contribution in [0.4, 0.5) is 4.79 Å². The summed E-state index contributed by atoms with van der Waals surface area (Å²) in [7, 11) is 0. The Morgan fingerprint density at radius 2 is 1.51 bits per heavy atom. The number of ether oxygens (including phenoxy) is 1. The number of phenols is 1. The number of guanidine groups is 1. The highest BCUT2D eigenvalue weighted by Gasteiger charge is 2.42. The number of aromatic hydroxyl groups is 1. The Balaban J connectivity index is 1.21. The fraction of sp³-hybridized carbons (Fsp3) is 0.571. The van der Waals surface area contributed by atoms with E-state index in [1.807, 2.05) is 40.4 Å². The molecular formula is C49H71IN10O10S. The van der Waals surface area contributed by atoms with Gasteiger partial charge in [-0.25, -0.2) is 9.59 Å². The van der Waals surface area contributed by atoms with Gasteiger partial charge < -0.3 is 58.5 Å². The number of ketones is 1. The number of halogens is 1. The maximum absolute atomic E-state index is 13.7. The van der Waals surface area contributed by atoms with Gasteiger partial charge in [-0.3, -0.25) is 33.8 Å². The number of unbranched alkanes of at least 4 members (excludes halogenated alkanes) is 4. The van der Waals surface area contributed by atoms with E-state index in [9.17, 15) is 43.5 Å². The van der Waals surface area contributed by atoms with Gasteiger partial charge in [0.1, 0.15) is 17.8 Å². The molecule has 0 spiro atoms. The minimum atomic E-state index is -1.03. The maximum atomic E-state index is 13.7. The lowest BCUT2D eigenvalue weighted by Crippen LogP contribution is -2.54. The van der Waals surface area contributed by atoms with Crippen molar-refractivity contribution in [1.29, 1.82) is 0 Å². The molecule has 2 aromatic carbocycles. The molecule has 0 saturated carbocycles. The summed E-state index contributed by atoms with van der Waals surface area (Å²) in [4.78, 5) is 107. The number of aliphatic imine (C=N–C) groups is 1. The zero-order valence-corrected chi connectivity index (χ0v) is 43.8. The number of nitrogens with two attached hydrogens (primary N) is 2. The number of amides is 7. The largest absolute Gasteiger partial charge is 0.507 e. The number of aryl methyl sites for hydroxylation is 2. The number of thioether (sulfide) groups is 1. The normalized spacial score (nSPS) is 17.0. The summed E-state index contributed by atoms with van der Waals surface area (Å²) in [5.74, 6) is -2.10. The number of hydrogen-bond donors (Lipinski definition) is 10. The molecule has 12 N–H and O–H groups in total. The van der Waals surface area contributed by atoms with Crippen molar-refractivity contribution in [2.45, 2.75) is 146 Å². The second-order valence-corrected chi connectivity index (χ2v) is 20.4. The van der Waals surface area contributed by atoms with E-state index in [4.69, 9.17) is 16.2 Å². The second kappa shape index (κ2) is 30.3. The summed E-state index contributed by atoms with van der Waals surface area (Å²) in [5, 5.41) is 30.4. The minimum Gasteiger partial charge on any atom is -0.507 e. The Bertz CT molecular complexity index is 2190. The quantitative estimate of drug-likeness (QED) is 0.0130. The predicted octanol–water partition coefficient (Wildman–Crippen LogP) is 2.80. The van der Waals surface area contributed by atoms with Crippen LogP contribution in [0.5, 0.6) is 5.75 Å². The first kappa shape index (κ1) is 57.9. The van der Waals surface area contributed by atoms with E-state index in [0.29, 0.717) is 82.6 Å². The monoisotopic (exact) mass is 1120 g/mol. The molecule has 0 aliphatic carbocycles. The van der Waals surface area contributed by atoms with Crippen LogP contribution >= 0.6 is 34.4 Å². The number of benzene rings is 2. The van der Waals surface area contributed by atoms with Crippen molar-refractivity contribution in [3.63, 3.8) is 0 Å². The maximum Gasteiger partial charge on any atom is 0.339 e. The Hall–Kier alpha value is -5.65. The van der Waals surface area contributed by atoms with E-state index in [1.54, 1.807) is 38.1 Å². The van der Waals surface area contributed by atoms with Crippen molar-refractivity contribution in [1.82, 2.24) is 37.2 Å². The predicted molar refractivity (Wildman–Crippen MR) is 279 cm³/mol. The third kappa shape index (κ3) is 20.5. The molecule has 4 rings (SSSR count). The number of urea groups is 1. The van der Waals surface area contributed by atoms with Gasteiger partial charge in [-0.2, -0.15) is 11.8 Å². The molecule has 2 saturated heterocycles. The van der Waals surface area contributed by atoms with Crippen LogP contribution in [0.25, 0.3) is 0 Å². The van der Waals surface area contributed by atoms with Gasteiger partial charge in [0, 0.05) is 56.8 Å². The molecular weight excluding hydrogens is 1050 g/mol. The summed E-state index contributed by atoms with van der Waals surface area (Å²) in [6.07, 6.45) is 6.51. The number of Topliss-reactive ketones (excluding diaryl/α,β-unsaturated/α-hetero) is 1. The number of esters is 1. The lowest BCUT2D eigenvalue weighted by Gasteiger charge is -2.23. The molecule has 0 bridgehead atoms. The zero-order valence-electron chi connectivity index (χ0n) is 40.9. The van der Waals surface area contributed by atoms with Crippen molar-refractivity contribution in [3.05, 3.63) is 62.2 Å². The van der Waals surface area contributed by atoms with Crippen LogP contribution in [0.3, 0.4) is 0 Å². The standard InChI is InChI=1S/C49H71IN10O10S/c1-29-13-11-14-30(2)43(29)47(68)70-27-39(63)34(16-12-24-55-48(51)52)57-42(65)19-5-4-9-23-54-45(66)36(26-32-20-21-38(62)33(50)25-32)58-46(67)35(56-31(3)61)15-8-10-22-53-41(64)18-7-6-17-40-44-37(28-71-40)59-49(69)60-44/h11,13-14,20-21,25,34-37,40,44,62H,4-10,12,15-19,22-24,26-28H2,1-3H3,(H,53,64)(H,54,66)(H,56,61)(H,57,65)(H,58,67)(H4,51,52,55)(H2,59,60,69)/t34-,35-,36-,37+,40?,44+/m0/s1/i50-2. The van der Waals surface area contributed by atoms with E-state index >= 15 is 0 Å². The van der Waals surface area contributed by atoms with Crippen LogP contribution in [0.1, 0.15) is 117 Å². The van der Waals surface area contributed by atoms with Gasteiger partial charge in [0.15, 0.2) is 18.3 Å². The first-order valence-electron chi connectivity index (χ1n) is 24.3. The molecule has 2 aliphatic heterocycles. The van der Waals surface area contributed by atoms with Crippen molar-refractivity contribution in [2.24, 2.45) is 16.5 Å². The third-order valence-electron chi connectivity index (χ3n) is 12.2. The summed E-state index contributed by atoms with van der Waals surface area (Å²) in [6, 6.07) is 7.53. The average Bonchev–Trinajstić information content (AvgIpc) is 3.87. The smallest absolute Gasteiger partial charge is 0.339 e. The average molecular weight is 1120 g/mol. The minimum absolute atomic E-state index is 0.0609. The van der Waals surface area contributed by atoms with E-state index in [2.05, 4.69) is 42.2 Å². The molecule has 6 atom stereocenters. The molecule has 2 heterocycles. The molecule has 2 fully saturated rings. The Morgan fingerprint density at radius 1 is 0.817 bits per heavy atom. The number of nitrogens with zero attached hydrogens (tertiary/aromatic N) is 1. The Morgan fingerprint density at radius 3 is 2.23 bits per heavy atom. The van der Waals surface area contributed by atoms with Crippen molar-refractivity contribution in [3.8, 4) is 5.75 Å². The second-order valence-electron chi connectivity index (χ2n) is 18.0. The van der Waals surface area contributed by atoms with Crippen LogP contribution in [-0.2, 0) is 39.9 Å². The van der Waals surface area contributed by atoms with Gasteiger partial charge in [0.05, 0.1) is 27.3 Å². The number of hydrogen-bond acceptors (Lipinski definition) is 12. The number of phenolic OH excluding ortho intramolecular Hbond substituents is 1. The summed E-state index contributed by atoms with van der Waals surface area (Å²) in [5.41, 5.74) is 13.4. The number of carbonyl (C=O) groups is 8. The summed E-state index contributed by atoms with van der Waals surface area (Å²) >= 11 is 3.82. The molecule has 7 amide bonds. The lowest BCUT2D eigenvalue weighted by atomic mass is 10.0. The van der Waals surface area contributed by atoms with Crippen LogP contribution in [0.15, 0.2) is 41.4 Å². The van der Waals surface area contributed by atoms with Gasteiger partial charge in [-0.1, -0.05) is 37.1 Å². The van der Waals surface area contributed by atoms with Crippen molar-refractivity contribution >= 4 is 87.6 Å². The molecule has 0 radical (unpaired) electrons. The Labute approximate surface area is 433 Å². The van der Waals surface area contributed by atoms with Crippen LogP contribution < -0.4 is 48.7 Å². The molecule has 20 nitrogen and oxygen atoms in total. The van der Waals surface area contributed by atoms with E-state index < -0.39 is 54.2 Å². The highest BCUT2D eigenvalue weighted by molar-refractivity contribution is 14.1. The molecule has 2 aliphatic rings. The fourth-order valence-corrected chi connectivity index (χ4v) is 10.5. The number of fused-ring (bicyclic) bond motifs is 1. The highest BCUT2D eigenvalue weighted by Crippen LogP contribution is 2.33. The lowest BCUT2D eigenvalue weighted by molar-refractivity contribution is -0.131. The SMILES string of the molecule is CC(=O)N[C@@H](CCCCNC(=O)CCCCC1SC[C@H]2NC(=O)N[C@@H]12)C(=O)N[C@@H](Cc1ccc(O)c([125I])c1)C(=O)NCCCCCC(=O)N[C@@H](CCCN=C(N)N)C(=O)COC(=O)c1c(C)cccc1C. The third-order valence-corrected chi connectivity index (χ3v) is 14.6.